The van der Waals surface area contributed by atoms with Gasteiger partial charge in [-0.15, -0.1) is 16.9 Å². The first-order valence-corrected chi connectivity index (χ1v) is 4.23. The summed E-state index contributed by atoms with van der Waals surface area (Å²) in [6.45, 7) is 2.47. The molecule has 14 heavy (non-hydrogen) atoms. The Kier molecular flexibility index (Phi) is 3.97. The third-order valence-corrected chi connectivity index (χ3v) is 1.56. The van der Waals surface area contributed by atoms with Crippen LogP contribution in [0.4, 0.5) is 5.82 Å². The van der Waals surface area contributed by atoms with Crippen LogP contribution in [0, 0.1) is 23.2 Å². The Balaban J connectivity index is 2.57. The molecule has 1 rings (SSSR count). The molecule has 0 radical (unpaired) electrons. The molecule has 70 valence electrons. The van der Waals surface area contributed by atoms with Crippen molar-refractivity contribution in [2.24, 2.45) is 0 Å². The van der Waals surface area contributed by atoms with E-state index in [9.17, 15) is 0 Å². The van der Waals surface area contributed by atoms with E-state index in [4.69, 9.17) is 5.26 Å². The number of rotatable bonds is 3. The molecule has 0 aromatic carbocycles. The van der Waals surface area contributed by atoms with Crippen molar-refractivity contribution in [3.8, 4) is 17.9 Å². The fourth-order valence-electron chi connectivity index (χ4n) is 0.921. The van der Waals surface area contributed by atoms with Crippen LogP contribution >= 0.6 is 0 Å². The highest BCUT2D eigenvalue weighted by Crippen LogP contribution is 2.07. The summed E-state index contributed by atoms with van der Waals surface area (Å²) in [5.41, 5.74) is 0.504. The molecule has 0 bridgehead atoms. The van der Waals surface area contributed by atoms with Gasteiger partial charge in [-0.2, -0.15) is 10.4 Å². The van der Waals surface area contributed by atoms with Gasteiger partial charge in [0.05, 0.1) is 11.8 Å². The molecule has 1 aromatic rings. The number of nitriles is 1. The smallest absolute Gasteiger partial charge is 0.166 e. The van der Waals surface area contributed by atoms with Crippen LogP contribution in [0.25, 0.3) is 0 Å². The Bertz CT molecular complexity index is 395. The predicted molar refractivity (Wildman–Crippen MR) is 53.3 cm³/mol. The molecule has 0 spiro atoms. The fourth-order valence-corrected chi connectivity index (χ4v) is 0.921. The monoisotopic (exact) mass is 186 g/mol. The number of hydrogen-bond donors (Lipinski definition) is 1. The van der Waals surface area contributed by atoms with E-state index in [1.54, 1.807) is 13.0 Å². The van der Waals surface area contributed by atoms with Gasteiger partial charge < -0.3 is 5.32 Å². The summed E-state index contributed by atoms with van der Waals surface area (Å²) in [6, 6.07) is 3.66. The van der Waals surface area contributed by atoms with Crippen molar-refractivity contribution in [1.82, 2.24) is 10.2 Å². The highest BCUT2D eigenvalue weighted by atomic mass is 15.2. The van der Waals surface area contributed by atoms with Gasteiger partial charge in [0.1, 0.15) is 6.07 Å². The molecule has 0 aliphatic carbocycles. The van der Waals surface area contributed by atoms with Crippen molar-refractivity contribution in [1.29, 1.82) is 5.26 Å². The molecular weight excluding hydrogens is 176 g/mol. The van der Waals surface area contributed by atoms with Crippen LogP contribution in [0.5, 0.6) is 0 Å². The van der Waals surface area contributed by atoms with Crippen LogP contribution in [0.2, 0.25) is 0 Å². The van der Waals surface area contributed by atoms with Gasteiger partial charge in [-0.05, 0) is 13.0 Å². The van der Waals surface area contributed by atoms with Crippen LogP contribution in [-0.2, 0) is 0 Å². The maximum absolute atomic E-state index is 8.74. The molecule has 1 aromatic heterocycles. The lowest BCUT2D eigenvalue weighted by Gasteiger charge is -2.02. The molecule has 0 fully saturated rings. The van der Waals surface area contributed by atoms with E-state index in [1.165, 1.54) is 6.20 Å². The van der Waals surface area contributed by atoms with Crippen LogP contribution in [0.3, 0.4) is 0 Å². The molecule has 0 saturated heterocycles. The number of anilines is 1. The third-order valence-electron chi connectivity index (χ3n) is 1.56. The zero-order chi connectivity index (χ0) is 10.2. The van der Waals surface area contributed by atoms with Gasteiger partial charge in [0.25, 0.3) is 0 Å². The number of hydrogen-bond acceptors (Lipinski definition) is 4. The first kappa shape index (κ1) is 10.0. The lowest BCUT2D eigenvalue weighted by Crippen LogP contribution is -2.05. The topological polar surface area (TPSA) is 61.6 Å². The second kappa shape index (κ2) is 5.55. The van der Waals surface area contributed by atoms with Gasteiger partial charge in [0, 0.05) is 13.0 Å². The largest absolute Gasteiger partial charge is 0.367 e. The zero-order valence-electron chi connectivity index (χ0n) is 7.91. The van der Waals surface area contributed by atoms with E-state index in [2.05, 4.69) is 27.4 Å². The van der Waals surface area contributed by atoms with Crippen molar-refractivity contribution < 1.29 is 0 Å². The number of aromatic nitrogens is 2. The minimum atomic E-state index is 0.504. The van der Waals surface area contributed by atoms with Crippen LogP contribution in [0.1, 0.15) is 18.9 Å². The van der Waals surface area contributed by atoms with E-state index in [1.807, 2.05) is 6.07 Å². The molecule has 4 nitrogen and oxygen atoms in total. The summed E-state index contributed by atoms with van der Waals surface area (Å²) in [5.74, 6) is 6.23. The molecule has 0 saturated carbocycles. The van der Waals surface area contributed by atoms with E-state index in [0.29, 0.717) is 17.9 Å². The first-order chi connectivity index (χ1) is 6.88. The highest BCUT2D eigenvalue weighted by molar-refractivity contribution is 5.50. The van der Waals surface area contributed by atoms with Gasteiger partial charge in [-0.3, -0.25) is 0 Å². The van der Waals surface area contributed by atoms with Crippen molar-refractivity contribution >= 4 is 5.82 Å². The molecular formula is C10H10N4. The minimum Gasteiger partial charge on any atom is -0.367 e. The molecule has 0 unspecified atom stereocenters. The van der Waals surface area contributed by atoms with Gasteiger partial charge >= 0.3 is 0 Å². The zero-order valence-corrected chi connectivity index (χ0v) is 7.91. The van der Waals surface area contributed by atoms with Gasteiger partial charge in [-0.1, -0.05) is 0 Å². The molecule has 1 N–H and O–H groups in total. The Morgan fingerprint density at radius 2 is 2.43 bits per heavy atom. The summed E-state index contributed by atoms with van der Waals surface area (Å²) in [4.78, 5) is 0. The maximum atomic E-state index is 8.74. The minimum absolute atomic E-state index is 0.504. The van der Waals surface area contributed by atoms with E-state index in [0.717, 1.165) is 6.42 Å². The Morgan fingerprint density at radius 1 is 1.57 bits per heavy atom. The molecule has 0 aliphatic heterocycles. The Hall–Kier alpha value is -2.07. The Labute approximate surface area is 83.0 Å². The van der Waals surface area contributed by atoms with Crippen LogP contribution in [-0.4, -0.2) is 16.7 Å². The summed E-state index contributed by atoms with van der Waals surface area (Å²) in [6.07, 6.45) is 2.23. The lowest BCUT2D eigenvalue weighted by atomic mass is 10.3. The maximum Gasteiger partial charge on any atom is 0.166 e. The van der Waals surface area contributed by atoms with Crippen molar-refractivity contribution in [3.63, 3.8) is 0 Å². The quantitative estimate of drug-likeness (QED) is 0.568. The van der Waals surface area contributed by atoms with E-state index < -0.39 is 0 Å². The number of nitrogens with zero attached hydrogens (tertiary/aromatic N) is 3. The third kappa shape index (κ3) is 2.76. The second-order valence-corrected chi connectivity index (χ2v) is 2.51. The number of nitrogens with one attached hydrogen (secondary N) is 1. The predicted octanol–water partition coefficient (Wildman–Crippen LogP) is 1.17. The first-order valence-electron chi connectivity index (χ1n) is 4.23. The SMILES string of the molecule is CC#CCCNc1nnccc1C#N. The van der Waals surface area contributed by atoms with Crippen molar-refractivity contribution in [2.45, 2.75) is 13.3 Å². The molecule has 1 heterocycles. The second-order valence-electron chi connectivity index (χ2n) is 2.51. The van der Waals surface area contributed by atoms with E-state index in [-0.39, 0.29) is 0 Å². The summed E-state index contributed by atoms with van der Waals surface area (Å²) >= 11 is 0. The molecule has 0 aliphatic rings. The summed E-state index contributed by atoms with van der Waals surface area (Å²) < 4.78 is 0. The lowest BCUT2D eigenvalue weighted by molar-refractivity contribution is 0.987. The summed E-state index contributed by atoms with van der Waals surface area (Å²) in [5, 5.41) is 19.2. The molecule has 0 atom stereocenters. The normalized spacial score (nSPS) is 8.29. The van der Waals surface area contributed by atoms with Crippen molar-refractivity contribution in [2.75, 3.05) is 11.9 Å². The molecule has 0 amide bonds. The van der Waals surface area contributed by atoms with Gasteiger partial charge in [-0.25, -0.2) is 0 Å². The highest BCUT2D eigenvalue weighted by Gasteiger charge is 2.00. The summed E-state index contributed by atoms with van der Waals surface area (Å²) in [7, 11) is 0. The van der Waals surface area contributed by atoms with Crippen LogP contribution < -0.4 is 5.32 Å². The standard InChI is InChI=1S/C10H10N4/c1-2-3-4-6-12-10-9(8-11)5-7-13-14-10/h5,7H,4,6H2,1H3,(H,12,14). The Morgan fingerprint density at radius 3 is 3.14 bits per heavy atom. The average Bonchev–Trinajstić information content (AvgIpc) is 2.25. The van der Waals surface area contributed by atoms with Gasteiger partial charge in [0.15, 0.2) is 5.82 Å². The fraction of sp³-hybridized carbons (Fsp3) is 0.300. The van der Waals surface area contributed by atoms with E-state index >= 15 is 0 Å². The average molecular weight is 186 g/mol. The molecule has 4 heteroatoms. The van der Waals surface area contributed by atoms with Crippen LogP contribution in [0.15, 0.2) is 12.3 Å². The van der Waals surface area contributed by atoms with Gasteiger partial charge in [0.2, 0.25) is 0 Å². The van der Waals surface area contributed by atoms with Crippen molar-refractivity contribution in [3.05, 3.63) is 17.8 Å².